The van der Waals surface area contributed by atoms with E-state index in [2.05, 4.69) is 19.1 Å². The third-order valence-electron chi connectivity index (χ3n) is 5.64. The lowest BCUT2D eigenvalue weighted by Crippen LogP contribution is -2.07. The van der Waals surface area contributed by atoms with Gasteiger partial charge >= 0.3 is 0 Å². The summed E-state index contributed by atoms with van der Waals surface area (Å²) in [5.74, 6) is -0.693. The van der Waals surface area contributed by atoms with Crippen molar-refractivity contribution in [3.63, 3.8) is 0 Å². The smallest absolute Gasteiger partial charge is 0.201 e. The lowest BCUT2D eigenvalue weighted by atomic mass is 9.82. The monoisotopic (exact) mass is 384 g/mol. The van der Waals surface area contributed by atoms with E-state index in [1.807, 2.05) is 24.3 Å². The van der Waals surface area contributed by atoms with Gasteiger partial charge in [0.1, 0.15) is 0 Å². The molecule has 3 rings (SSSR count). The van der Waals surface area contributed by atoms with Crippen molar-refractivity contribution in [3.05, 3.63) is 65.7 Å². The van der Waals surface area contributed by atoms with Crippen LogP contribution in [0.15, 0.2) is 48.6 Å². The van der Waals surface area contributed by atoms with Gasteiger partial charge in [-0.3, -0.25) is 0 Å². The summed E-state index contributed by atoms with van der Waals surface area (Å²) in [5.41, 5.74) is 2.18. The van der Waals surface area contributed by atoms with Crippen LogP contribution >= 0.6 is 0 Å². The lowest BCUT2D eigenvalue weighted by molar-refractivity contribution is 0.314. The van der Waals surface area contributed by atoms with Crippen LogP contribution in [0.4, 0.5) is 8.78 Å². The first-order valence-corrected chi connectivity index (χ1v) is 10.5. The molecule has 2 unspecified atom stereocenters. The molecule has 0 N–H and O–H groups in total. The maximum absolute atomic E-state index is 14.4. The van der Waals surface area contributed by atoms with E-state index in [9.17, 15) is 8.78 Å². The SMILES string of the molecule is CCCCCC1C=CC(c2ccc(-c3ccc(OCC)c(F)c3F)cc2)CC1. The van der Waals surface area contributed by atoms with Gasteiger partial charge in [-0.15, -0.1) is 0 Å². The van der Waals surface area contributed by atoms with Crippen LogP contribution in [0.2, 0.25) is 0 Å². The molecule has 0 aliphatic heterocycles. The molecule has 0 heterocycles. The van der Waals surface area contributed by atoms with E-state index in [1.165, 1.54) is 43.7 Å². The van der Waals surface area contributed by atoms with Gasteiger partial charge in [0.2, 0.25) is 5.82 Å². The predicted octanol–water partition coefficient (Wildman–Crippen LogP) is 7.66. The first kappa shape index (κ1) is 20.6. The number of ether oxygens (including phenoxy) is 1. The minimum absolute atomic E-state index is 0.0406. The Kier molecular flexibility index (Phi) is 7.24. The highest BCUT2D eigenvalue weighted by Gasteiger charge is 2.18. The molecule has 1 aliphatic carbocycles. The largest absolute Gasteiger partial charge is 0.491 e. The number of rotatable bonds is 8. The zero-order chi connectivity index (χ0) is 19.9. The summed E-state index contributed by atoms with van der Waals surface area (Å²) in [6, 6.07) is 10.9. The Labute approximate surface area is 167 Å². The number of hydrogen-bond acceptors (Lipinski definition) is 1. The van der Waals surface area contributed by atoms with Gasteiger partial charge in [0.25, 0.3) is 0 Å². The zero-order valence-corrected chi connectivity index (χ0v) is 16.9. The molecule has 0 saturated carbocycles. The van der Waals surface area contributed by atoms with E-state index in [0.717, 1.165) is 6.42 Å². The van der Waals surface area contributed by atoms with E-state index < -0.39 is 11.6 Å². The molecule has 2 aromatic rings. The molecular weight excluding hydrogens is 354 g/mol. The Morgan fingerprint density at radius 3 is 2.32 bits per heavy atom. The molecule has 1 aliphatic rings. The summed E-state index contributed by atoms with van der Waals surface area (Å²) < 4.78 is 33.7. The lowest BCUT2D eigenvalue weighted by Gasteiger charge is -2.23. The highest BCUT2D eigenvalue weighted by atomic mass is 19.2. The van der Waals surface area contributed by atoms with Crippen LogP contribution in [0.1, 0.15) is 63.9 Å². The van der Waals surface area contributed by atoms with Gasteiger partial charge in [-0.1, -0.05) is 62.6 Å². The van der Waals surface area contributed by atoms with Crippen molar-refractivity contribution < 1.29 is 13.5 Å². The van der Waals surface area contributed by atoms with Gasteiger partial charge in [0.15, 0.2) is 11.6 Å². The highest BCUT2D eigenvalue weighted by molar-refractivity contribution is 5.65. The van der Waals surface area contributed by atoms with Crippen molar-refractivity contribution in [1.82, 2.24) is 0 Å². The number of unbranched alkanes of at least 4 members (excludes halogenated alkanes) is 2. The fourth-order valence-electron chi connectivity index (χ4n) is 3.98. The van der Waals surface area contributed by atoms with Crippen molar-refractivity contribution in [2.24, 2.45) is 5.92 Å². The topological polar surface area (TPSA) is 9.23 Å². The molecule has 0 bridgehead atoms. The number of hydrogen-bond donors (Lipinski definition) is 0. The molecule has 0 radical (unpaired) electrons. The van der Waals surface area contributed by atoms with Crippen LogP contribution < -0.4 is 4.74 Å². The van der Waals surface area contributed by atoms with Gasteiger partial charge in [0, 0.05) is 11.5 Å². The van der Waals surface area contributed by atoms with Crippen molar-refractivity contribution in [3.8, 4) is 16.9 Å². The van der Waals surface area contributed by atoms with Gasteiger partial charge in [-0.25, -0.2) is 4.39 Å². The highest BCUT2D eigenvalue weighted by Crippen LogP contribution is 2.35. The molecule has 0 saturated heterocycles. The van der Waals surface area contributed by atoms with E-state index in [4.69, 9.17) is 4.74 Å². The summed E-state index contributed by atoms with van der Waals surface area (Å²) in [6.45, 7) is 4.29. The average molecular weight is 385 g/mol. The Hall–Kier alpha value is -2.16. The van der Waals surface area contributed by atoms with E-state index in [0.29, 0.717) is 24.0 Å². The summed E-state index contributed by atoms with van der Waals surface area (Å²) in [4.78, 5) is 0. The quantitative estimate of drug-likeness (QED) is 0.335. The van der Waals surface area contributed by atoms with Gasteiger partial charge in [-0.05, 0) is 55.4 Å². The zero-order valence-electron chi connectivity index (χ0n) is 16.9. The number of allylic oxidation sites excluding steroid dienone is 2. The summed E-state index contributed by atoms with van der Waals surface area (Å²) in [6.07, 6.45) is 12.3. The maximum Gasteiger partial charge on any atom is 0.201 e. The molecule has 2 aromatic carbocycles. The molecule has 2 atom stereocenters. The van der Waals surface area contributed by atoms with Crippen LogP contribution in [0, 0.1) is 17.6 Å². The Bertz CT molecular complexity index is 795. The van der Waals surface area contributed by atoms with Crippen LogP contribution in [0.3, 0.4) is 0 Å². The molecular formula is C25H30F2O. The van der Waals surface area contributed by atoms with Crippen LogP contribution in [0.25, 0.3) is 11.1 Å². The molecule has 0 fully saturated rings. The molecule has 1 nitrogen and oxygen atoms in total. The molecule has 0 aromatic heterocycles. The second-order valence-electron chi connectivity index (χ2n) is 7.62. The van der Waals surface area contributed by atoms with E-state index >= 15 is 0 Å². The number of benzene rings is 2. The average Bonchev–Trinajstić information content (AvgIpc) is 2.73. The van der Waals surface area contributed by atoms with Gasteiger partial charge < -0.3 is 4.74 Å². The molecule has 3 heteroatoms. The molecule has 0 amide bonds. The fraction of sp³-hybridized carbons (Fsp3) is 0.440. The second-order valence-corrected chi connectivity index (χ2v) is 7.62. The van der Waals surface area contributed by atoms with Crippen molar-refractivity contribution in [1.29, 1.82) is 0 Å². The van der Waals surface area contributed by atoms with Crippen LogP contribution in [-0.2, 0) is 0 Å². The third kappa shape index (κ3) is 4.81. The van der Waals surface area contributed by atoms with Gasteiger partial charge in [0.05, 0.1) is 6.61 Å². The van der Waals surface area contributed by atoms with Crippen molar-refractivity contribution >= 4 is 0 Å². The molecule has 150 valence electrons. The van der Waals surface area contributed by atoms with E-state index in [-0.39, 0.29) is 11.3 Å². The minimum Gasteiger partial charge on any atom is -0.491 e. The normalized spacial score (nSPS) is 19.0. The Balaban J connectivity index is 1.69. The minimum atomic E-state index is -0.923. The summed E-state index contributed by atoms with van der Waals surface area (Å²) in [5, 5.41) is 0. The fourth-order valence-corrected chi connectivity index (χ4v) is 3.98. The first-order chi connectivity index (χ1) is 13.6. The first-order valence-electron chi connectivity index (χ1n) is 10.5. The standard InChI is InChI=1S/C25H30F2O/c1-3-5-6-7-18-8-10-19(11-9-18)20-12-14-21(15-13-20)22-16-17-23(28-4-2)25(27)24(22)26/h8,10,12-19H,3-7,9,11H2,1-2H3. The predicted molar refractivity (Wildman–Crippen MR) is 112 cm³/mol. The van der Waals surface area contributed by atoms with E-state index in [1.54, 1.807) is 13.0 Å². The van der Waals surface area contributed by atoms with Crippen LogP contribution in [0.5, 0.6) is 5.75 Å². The van der Waals surface area contributed by atoms with Crippen molar-refractivity contribution in [2.75, 3.05) is 6.61 Å². The Morgan fingerprint density at radius 1 is 0.893 bits per heavy atom. The third-order valence-corrected chi connectivity index (χ3v) is 5.64. The number of halogens is 2. The molecule has 28 heavy (non-hydrogen) atoms. The van der Waals surface area contributed by atoms with Gasteiger partial charge in [-0.2, -0.15) is 4.39 Å². The van der Waals surface area contributed by atoms with Crippen molar-refractivity contribution in [2.45, 2.75) is 58.3 Å². The summed E-state index contributed by atoms with van der Waals surface area (Å²) in [7, 11) is 0. The summed E-state index contributed by atoms with van der Waals surface area (Å²) >= 11 is 0. The van der Waals surface area contributed by atoms with Crippen LogP contribution in [-0.4, -0.2) is 6.61 Å². The Morgan fingerprint density at radius 2 is 1.68 bits per heavy atom. The maximum atomic E-state index is 14.4. The molecule has 0 spiro atoms. The second kappa shape index (κ2) is 9.86.